The first-order valence-corrected chi connectivity index (χ1v) is 13.1. The molecular weight excluding hydrogens is 498 g/mol. The van der Waals surface area contributed by atoms with E-state index in [-0.39, 0.29) is 11.7 Å². The number of benzene rings is 4. The molecule has 3 N–H and O–H groups in total. The highest BCUT2D eigenvalue weighted by atomic mass is 35.5. The lowest BCUT2D eigenvalue weighted by Crippen LogP contribution is -2.15. The van der Waals surface area contributed by atoms with Gasteiger partial charge < -0.3 is 15.4 Å². The Kier molecular flexibility index (Phi) is 6.30. The fourth-order valence-corrected chi connectivity index (χ4v) is 5.41. The fraction of sp³-hybridized carbons (Fsp3) is 0.0741. The van der Waals surface area contributed by atoms with Crippen LogP contribution in [0.25, 0.3) is 11.1 Å². The molecule has 0 radical (unpaired) electrons. The van der Waals surface area contributed by atoms with Gasteiger partial charge in [-0.05, 0) is 59.2 Å². The molecule has 0 atom stereocenters. The van der Waals surface area contributed by atoms with E-state index in [2.05, 4.69) is 15.4 Å². The van der Waals surface area contributed by atoms with Gasteiger partial charge in [-0.2, -0.15) is 0 Å². The Hall–Kier alpha value is -4.01. The molecule has 0 unspecified atom stereocenters. The molecule has 1 heterocycles. The maximum atomic E-state index is 13.0. The van der Waals surface area contributed by atoms with E-state index in [1.54, 1.807) is 61.7 Å². The Morgan fingerprint density at radius 3 is 2.36 bits per heavy atom. The number of halogens is 1. The van der Waals surface area contributed by atoms with E-state index < -0.39 is 10.0 Å². The van der Waals surface area contributed by atoms with Gasteiger partial charge in [-0.25, -0.2) is 8.42 Å². The van der Waals surface area contributed by atoms with Crippen LogP contribution in [0.15, 0.2) is 84.9 Å². The predicted molar refractivity (Wildman–Crippen MR) is 144 cm³/mol. The number of anilines is 4. The van der Waals surface area contributed by atoms with Gasteiger partial charge in [0.15, 0.2) is 0 Å². The summed E-state index contributed by atoms with van der Waals surface area (Å²) < 4.78 is 33.2. The predicted octanol–water partition coefficient (Wildman–Crippen LogP) is 6.27. The zero-order chi connectivity index (χ0) is 25.3. The molecule has 9 heteroatoms. The van der Waals surface area contributed by atoms with Crippen molar-refractivity contribution in [2.45, 2.75) is 5.75 Å². The quantitative estimate of drug-likeness (QED) is 0.279. The number of hydrogen-bond donors (Lipinski definition) is 3. The lowest BCUT2D eigenvalue weighted by atomic mass is 10.0. The Morgan fingerprint density at radius 2 is 1.58 bits per heavy atom. The second kappa shape index (κ2) is 9.56. The van der Waals surface area contributed by atoms with Crippen molar-refractivity contribution in [3.8, 4) is 16.9 Å². The van der Waals surface area contributed by atoms with Gasteiger partial charge in [0.25, 0.3) is 5.91 Å². The topological polar surface area (TPSA) is 96.5 Å². The van der Waals surface area contributed by atoms with Gasteiger partial charge in [-0.3, -0.25) is 9.52 Å². The average molecular weight is 520 g/mol. The third-order valence-corrected chi connectivity index (χ3v) is 7.33. The molecule has 0 saturated heterocycles. The summed E-state index contributed by atoms with van der Waals surface area (Å²) in [4.78, 5) is 13.0. The largest absolute Gasteiger partial charge is 0.495 e. The molecule has 0 spiro atoms. The van der Waals surface area contributed by atoms with Crippen LogP contribution in [0, 0.1) is 0 Å². The van der Waals surface area contributed by atoms with Crippen molar-refractivity contribution in [2.75, 3.05) is 22.5 Å². The summed E-state index contributed by atoms with van der Waals surface area (Å²) in [7, 11) is -2.08. The van der Waals surface area contributed by atoms with Crippen LogP contribution in [0.3, 0.4) is 0 Å². The van der Waals surface area contributed by atoms with Gasteiger partial charge in [-0.15, -0.1) is 0 Å². The van der Waals surface area contributed by atoms with Gasteiger partial charge in [0.2, 0.25) is 10.0 Å². The number of nitrogens with one attached hydrogen (secondary N) is 3. The van der Waals surface area contributed by atoms with Crippen LogP contribution in [-0.2, 0) is 15.8 Å². The number of amides is 1. The van der Waals surface area contributed by atoms with E-state index in [0.717, 1.165) is 11.1 Å². The second-order valence-electron chi connectivity index (χ2n) is 8.30. The lowest BCUT2D eigenvalue weighted by molar-refractivity contribution is 0.102. The number of fused-ring (bicyclic) bond motifs is 2. The van der Waals surface area contributed by atoms with Crippen molar-refractivity contribution < 1.29 is 17.9 Å². The first kappa shape index (κ1) is 23.7. The smallest absolute Gasteiger partial charge is 0.257 e. The van der Waals surface area contributed by atoms with Gasteiger partial charge in [0.1, 0.15) is 5.75 Å². The molecule has 1 aliphatic rings. The van der Waals surface area contributed by atoms with Crippen molar-refractivity contribution in [3.63, 3.8) is 0 Å². The van der Waals surface area contributed by atoms with Crippen molar-refractivity contribution in [1.82, 2.24) is 0 Å². The Bertz CT molecular complexity index is 1570. The molecule has 4 aromatic rings. The maximum Gasteiger partial charge on any atom is 0.257 e. The molecule has 0 aromatic heterocycles. The Balaban J connectivity index is 1.42. The van der Waals surface area contributed by atoms with E-state index in [0.29, 0.717) is 44.6 Å². The first-order valence-electron chi connectivity index (χ1n) is 11.1. The summed E-state index contributed by atoms with van der Waals surface area (Å²) in [5.74, 6) is 0.0994. The van der Waals surface area contributed by atoms with E-state index >= 15 is 0 Å². The molecule has 0 saturated carbocycles. The van der Waals surface area contributed by atoms with Crippen molar-refractivity contribution in [2.24, 2.45) is 0 Å². The van der Waals surface area contributed by atoms with Gasteiger partial charge >= 0.3 is 0 Å². The first-order chi connectivity index (χ1) is 17.3. The van der Waals surface area contributed by atoms with E-state index in [1.807, 2.05) is 30.3 Å². The summed E-state index contributed by atoms with van der Waals surface area (Å²) in [5, 5.41) is 6.67. The highest BCUT2D eigenvalue weighted by Gasteiger charge is 2.21. The molecule has 182 valence electrons. The third kappa shape index (κ3) is 5.00. The monoisotopic (exact) mass is 519 g/mol. The average Bonchev–Trinajstić information content (AvgIpc) is 2.99. The molecule has 7 nitrogen and oxygen atoms in total. The number of carbonyl (C=O) groups excluding carboxylic acids is 1. The van der Waals surface area contributed by atoms with Gasteiger partial charge in [-0.1, -0.05) is 54.1 Å². The van der Waals surface area contributed by atoms with Crippen molar-refractivity contribution in [3.05, 3.63) is 101 Å². The lowest BCUT2D eigenvalue weighted by Gasteiger charge is -2.13. The Labute approximate surface area is 214 Å². The minimum atomic E-state index is -3.64. The van der Waals surface area contributed by atoms with Crippen LogP contribution >= 0.6 is 11.6 Å². The van der Waals surface area contributed by atoms with E-state index in [1.165, 1.54) is 0 Å². The molecule has 0 aliphatic carbocycles. The van der Waals surface area contributed by atoms with Crippen LogP contribution in [0.2, 0.25) is 5.02 Å². The number of sulfonamides is 1. The van der Waals surface area contributed by atoms with Crippen LogP contribution in [0.1, 0.15) is 15.9 Å². The normalized spacial score (nSPS) is 12.4. The summed E-state index contributed by atoms with van der Waals surface area (Å²) in [6.07, 6.45) is 0. The Morgan fingerprint density at radius 1 is 0.833 bits per heavy atom. The SMILES string of the molecule is COc1cc(-c2ccc3c(c2)Nc2ccc(NS(=O)(=O)Cc4ccccc4)cc2NC3=O)ccc1Cl. The molecule has 4 aromatic carbocycles. The number of carbonyl (C=O) groups is 1. The van der Waals surface area contributed by atoms with Crippen LogP contribution in [0.4, 0.5) is 22.7 Å². The maximum absolute atomic E-state index is 13.0. The zero-order valence-corrected chi connectivity index (χ0v) is 20.8. The van der Waals surface area contributed by atoms with Crippen LogP contribution in [0.5, 0.6) is 5.75 Å². The number of rotatable bonds is 6. The van der Waals surface area contributed by atoms with E-state index in [9.17, 15) is 13.2 Å². The number of hydrogen-bond acceptors (Lipinski definition) is 5. The standard InChI is InChI=1S/C27H22ClN3O4S/c1-35-26-14-19(8-11-22(26)28)18-7-10-21-24(13-18)29-23-12-9-20(15-25(23)30-27(21)32)31-36(33,34)16-17-5-3-2-4-6-17/h2-15,29,31H,16H2,1H3,(H,30,32). The molecule has 1 aliphatic heterocycles. The fourth-order valence-electron chi connectivity index (χ4n) is 4.03. The molecule has 5 rings (SSSR count). The third-order valence-electron chi connectivity index (χ3n) is 5.76. The molecular formula is C27H22ClN3O4S. The summed E-state index contributed by atoms with van der Waals surface area (Å²) in [6.45, 7) is 0. The summed E-state index contributed by atoms with van der Waals surface area (Å²) in [6, 6.07) is 24.8. The van der Waals surface area contributed by atoms with Gasteiger partial charge in [0.05, 0.1) is 46.2 Å². The minimum Gasteiger partial charge on any atom is -0.495 e. The highest BCUT2D eigenvalue weighted by Crippen LogP contribution is 2.37. The summed E-state index contributed by atoms with van der Waals surface area (Å²) >= 11 is 6.16. The molecule has 1 amide bonds. The molecule has 0 fully saturated rings. The molecule has 36 heavy (non-hydrogen) atoms. The molecule has 0 bridgehead atoms. The van der Waals surface area contributed by atoms with Crippen LogP contribution < -0.4 is 20.1 Å². The minimum absolute atomic E-state index is 0.154. The zero-order valence-electron chi connectivity index (χ0n) is 19.2. The van der Waals surface area contributed by atoms with E-state index in [4.69, 9.17) is 16.3 Å². The van der Waals surface area contributed by atoms with Crippen LogP contribution in [-0.4, -0.2) is 21.4 Å². The van der Waals surface area contributed by atoms with Gasteiger partial charge in [0, 0.05) is 0 Å². The highest BCUT2D eigenvalue weighted by molar-refractivity contribution is 7.91. The number of methoxy groups -OCH3 is 1. The second-order valence-corrected chi connectivity index (χ2v) is 10.4. The van der Waals surface area contributed by atoms with Crippen molar-refractivity contribution in [1.29, 1.82) is 0 Å². The summed E-state index contributed by atoms with van der Waals surface area (Å²) in [5.41, 5.74) is 4.97. The number of ether oxygens (including phenoxy) is 1. The van der Waals surface area contributed by atoms with Crippen molar-refractivity contribution >= 4 is 50.3 Å².